The van der Waals surface area contributed by atoms with Gasteiger partial charge in [0.25, 0.3) is 0 Å². The standard InChI is InChI=1S/C23H26N2O2S/c1-3-5-18-9-13-20(14-10-18)27-15-4-6-22(26)25-23-24-21(16-28-23)19-11-7-17(2)8-12-19/h7-14,16H,3-6,15H2,1-2H3,(H,24,25,26). The molecule has 0 atom stereocenters. The van der Waals surface area contributed by atoms with E-state index in [1.807, 2.05) is 29.6 Å². The maximum absolute atomic E-state index is 12.1. The van der Waals surface area contributed by atoms with E-state index in [1.54, 1.807) is 0 Å². The van der Waals surface area contributed by atoms with Crippen LogP contribution in [0.1, 0.15) is 37.3 Å². The predicted molar refractivity (Wildman–Crippen MR) is 116 cm³/mol. The van der Waals surface area contributed by atoms with Gasteiger partial charge in [-0.3, -0.25) is 4.79 Å². The van der Waals surface area contributed by atoms with E-state index >= 15 is 0 Å². The predicted octanol–water partition coefficient (Wildman–Crippen LogP) is 5.87. The monoisotopic (exact) mass is 394 g/mol. The summed E-state index contributed by atoms with van der Waals surface area (Å²) in [6, 6.07) is 16.4. The number of aryl methyl sites for hydroxylation is 2. The molecule has 0 aliphatic heterocycles. The van der Waals surface area contributed by atoms with Crippen molar-refractivity contribution >= 4 is 22.4 Å². The lowest BCUT2D eigenvalue weighted by molar-refractivity contribution is -0.116. The minimum atomic E-state index is -0.0355. The van der Waals surface area contributed by atoms with E-state index in [1.165, 1.54) is 22.5 Å². The largest absolute Gasteiger partial charge is 0.494 e. The summed E-state index contributed by atoms with van der Waals surface area (Å²) in [6.07, 6.45) is 3.30. The Labute approximate surface area is 170 Å². The van der Waals surface area contributed by atoms with Crippen LogP contribution < -0.4 is 10.1 Å². The van der Waals surface area contributed by atoms with Crippen LogP contribution in [0.3, 0.4) is 0 Å². The SMILES string of the molecule is CCCc1ccc(OCCCC(=O)Nc2nc(-c3ccc(C)cc3)cs2)cc1. The molecule has 4 nitrogen and oxygen atoms in total. The minimum absolute atomic E-state index is 0.0355. The molecule has 1 heterocycles. The lowest BCUT2D eigenvalue weighted by Crippen LogP contribution is -2.12. The molecule has 28 heavy (non-hydrogen) atoms. The number of thiazole rings is 1. The highest BCUT2D eigenvalue weighted by molar-refractivity contribution is 7.14. The molecular formula is C23H26N2O2S. The number of benzene rings is 2. The van der Waals surface area contributed by atoms with Crippen molar-refractivity contribution in [2.24, 2.45) is 0 Å². The van der Waals surface area contributed by atoms with Gasteiger partial charge in [-0.2, -0.15) is 0 Å². The molecular weight excluding hydrogens is 368 g/mol. The first-order valence-corrected chi connectivity index (χ1v) is 10.6. The van der Waals surface area contributed by atoms with Gasteiger partial charge < -0.3 is 10.1 Å². The molecule has 0 saturated heterocycles. The first-order valence-electron chi connectivity index (χ1n) is 9.68. The highest BCUT2D eigenvalue weighted by Crippen LogP contribution is 2.25. The second-order valence-electron chi connectivity index (χ2n) is 6.80. The van der Waals surface area contributed by atoms with Gasteiger partial charge in [0.15, 0.2) is 5.13 Å². The molecule has 1 aromatic heterocycles. The Morgan fingerprint density at radius 2 is 1.86 bits per heavy atom. The van der Waals surface area contributed by atoms with E-state index in [2.05, 4.69) is 48.4 Å². The molecule has 2 aromatic carbocycles. The van der Waals surface area contributed by atoms with Crippen molar-refractivity contribution < 1.29 is 9.53 Å². The molecule has 3 rings (SSSR count). The smallest absolute Gasteiger partial charge is 0.226 e. The highest BCUT2D eigenvalue weighted by Gasteiger charge is 2.08. The van der Waals surface area contributed by atoms with Crippen molar-refractivity contribution in [2.45, 2.75) is 39.5 Å². The lowest BCUT2D eigenvalue weighted by atomic mass is 10.1. The number of carbonyl (C=O) groups excluding carboxylic acids is 1. The summed E-state index contributed by atoms with van der Waals surface area (Å²) in [5.41, 5.74) is 4.48. The van der Waals surface area contributed by atoms with Crippen LogP contribution in [-0.2, 0) is 11.2 Å². The number of rotatable bonds is 9. The van der Waals surface area contributed by atoms with Crippen LogP contribution in [0.5, 0.6) is 5.75 Å². The Balaban J connectivity index is 1.40. The van der Waals surface area contributed by atoms with Gasteiger partial charge >= 0.3 is 0 Å². The van der Waals surface area contributed by atoms with Crippen LogP contribution in [0.15, 0.2) is 53.9 Å². The normalized spacial score (nSPS) is 10.6. The number of nitrogens with zero attached hydrogens (tertiary/aromatic N) is 1. The molecule has 5 heteroatoms. The third kappa shape index (κ3) is 5.92. The first-order chi connectivity index (χ1) is 13.6. The van der Waals surface area contributed by atoms with Crippen LogP contribution in [0.2, 0.25) is 0 Å². The number of nitrogens with one attached hydrogen (secondary N) is 1. The highest BCUT2D eigenvalue weighted by atomic mass is 32.1. The van der Waals surface area contributed by atoms with E-state index in [0.29, 0.717) is 24.6 Å². The molecule has 1 amide bonds. The van der Waals surface area contributed by atoms with Gasteiger partial charge in [0.1, 0.15) is 5.75 Å². The fourth-order valence-electron chi connectivity index (χ4n) is 2.83. The number of hydrogen-bond donors (Lipinski definition) is 1. The molecule has 0 spiro atoms. The Morgan fingerprint density at radius 3 is 2.57 bits per heavy atom. The Hall–Kier alpha value is -2.66. The van der Waals surface area contributed by atoms with E-state index in [9.17, 15) is 4.79 Å². The zero-order valence-electron chi connectivity index (χ0n) is 16.4. The molecule has 146 valence electrons. The van der Waals surface area contributed by atoms with Gasteiger partial charge in [-0.25, -0.2) is 4.98 Å². The fraction of sp³-hybridized carbons (Fsp3) is 0.304. The summed E-state index contributed by atoms with van der Waals surface area (Å²) in [4.78, 5) is 16.6. The second kappa shape index (κ2) is 10.0. The quantitative estimate of drug-likeness (QED) is 0.462. The Morgan fingerprint density at radius 1 is 1.11 bits per heavy atom. The van der Waals surface area contributed by atoms with Crippen molar-refractivity contribution in [1.29, 1.82) is 0 Å². The maximum atomic E-state index is 12.1. The van der Waals surface area contributed by atoms with E-state index in [4.69, 9.17) is 4.74 Å². The Bertz CT molecular complexity index is 886. The van der Waals surface area contributed by atoms with E-state index < -0.39 is 0 Å². The van der Waals surface area contributed by atoms with E-state index in [-0.39, 0.29) is 5.91 Å². The van der Waals surface area contributed by atoms with Crippen LogP contribution in [0.25, 0.3) is 11.3 Å². The summed E-state index contributed by atoms with van der Waals surface area (Å²) in [5.74, 6) is 0.814. The molecule has 0 unspecified atom stereocenters. The molecule has 0 fully saturated rings. The Kier molecular flexibility index (Phi) is 7.20. The number of anilines is 1. The third-order valence-electron chi connectivity index (χ3n) is 4.38. The molecule has 0 radical (unpaired) electrons. The topological polar surface area (TPSA) is 51.2 Å². The van der Waals surface area contributed by atoms with Gasteiger partial charge in [0.2, 0.25) is 5.91 Å². The van der Waals surface area contributed by atoms with Crippen molar-refractivity contribution in [3.05, 3.63) is 65.0 Å². The number of amides is 1. The van der Waals surface area contributed by atoms with Crippen molar-refractivity contribution in [2.75, 3.05) is 11.9 Å². The fourth-order valence-corrected chi connectivity index (χ4v) is 3.57. The first kappa shape index (κ1) is 20.1. The summed E-state index contributed by atoms with van der Waals surface area (Å²) in [7, 11) is 0. The summed E-state index contributed by atoms with van der Waals surface area (Å²) >= 11 is 1.44. The van der Waals surface area contributed by atoms with Crippen LogP contribution in [0, 0.1) is 6.92 Å². The van der Waals surface area contributed by atoms with Gasteiger partial charge in [0.05, 0.1) is 12.3 Å². The number of aromatic nitrogens is 1. The molecule has 0 aliphatic carbocycles. The van der Waals surface area contributed by atoms with Gasteiger partial charge in [-0.15, -0.1) is 11.3 Å². The average Bonchev–Trinajstić information content (AvgIpc) is 3.15. The number of ether oxygens (including phenoxy) is 1. The molecule has 3 aromatic rings. The maximum Gasteiger partial charge on any atom is 0.226 e. The molecule has 1 N–H and O–H groups in total. The van der Waals surface area contributed by atoms with E-state index in [0.717, 1.165) is 29.8 Å². The molecule has 0 bridgehead atoms. The summed E-state index contributed by atoms with van der Waals surface area (Å²) < 4.78 is 5.72. The number of hydrogen-bond acceptors (Lipinski definition) is 4. The molecule has 0 aliphatic rings. The van der Waals surface area contributed by atoms with Crippen molar-refractivity contribution in [3.63, 3.8) is 0 Å². The number of carbonyl (C=O) groups is 1. The zero-order chi connectivity index (χ0) is 19.8. The van der Waals surface area contributed by atoms with Crippen LogP contribution >= 0.6 is 11.3 Å². The van der Waals surface area contributed by atoms with Crippen molar-refractivity contribution in [3.8, 4) is 17.0 Å². The minimum Gasteiger partial charge on any atom is -0.494 e. The van der Waals surface area contributed by atoms with Gasteiger partial charge in [0, 0.05) is 17.4 Å². The van der Waals surface area contributed by atoms with Gasteiger partial charge in [-0.05, 0) is 37.5 Å². The van der Waals surface area contributed by atoms with Crippen LogP contribution in [-0.4, -0.2) is 17.5 Å². The van der Waals surface area contributed by atoms with Gasteiger partial charge in [-0.1, -0.05) is 55.3 Å². The second-order valence-corrected chi connectivity index (χ2v) is 7.66. The summed E-state index contributed by atoms with van der Waals surface area (Å²) in [6.45, 7) is 4.75. The lowest BCUT2D eigenvalue weighted by Gasteiger charge is -2.07. The van der Waals surface area contributed by atoms with Crippen molar-refractivity contribution in [1.82, 2.24) is 4.98 Å². The molecule has 0 saturated carbocycles. The third-order valence-corrected chi connectivity index (χ3v) is 5.13. The average molecular weight is 395 g/mol. The zero-order valence-corrected chi connectivity index (χ0v) is 17.2. The van der Waals surface area contributed by atoms with Crippen LogP contribution in [0.4, 0.5) is 5.13 Å². The summed E-state index contributed by atoms with van der Waals surface area (Å²) in [5, 5.41) is 5.47.